The predicted molar refractivity (Wildman–Crippen MR) is 92.5 cm³/mol. The first-order valence-corrected chi connectivity index (χ1v) is 7.68. The van der Waals surface area contributed by atoms with Crippen LogP contribution in [0.3, 0.4) is 0 Å². The zero-order valence-electron chi connectivity index (χ0n) is 14.0. The molecule has 0 aliphatic carbocycles. The SMILES string of the molecule is CCc1ccccc1NC(=O)COc1c(C)cc(C)cc1[N+](=O)[O-]. The van der Waals surface area contributed by atoms with Gasteiger partial charge in [0.1, 0.15) is 0 Å². The molecule has 6 heteroatoms. The molecule has 2 aromatic rings. The number of rotatable bonds is 6. The van der Waals surface area contributed by atoms with Crippen molar-refractivity contribution in [3.63, 3.8) is 0 Å². The van der Waals surface area contributed by atoms with Crippen LogP contribution in [0, 0.1) is 24.0 Å². The molecule has 1 amide bonds. The molecule has 0 saturated carbocycles. The highest BCUT2D eigenvalue weighted by molar-refractivity contribution is 5.92. The molecule has 2 aromatic carbocycles. The number of para-hydroxylation sites is 1. The van der Waals surface area contributed by atoms with Gasteiger partial charge in [0.05, 0.1) is 4.92 Å². The molecule has 0 aromatic heterocycles. The number of hydrogen-bond donors (Lipinski definition) is 1. The number of nitro groups is 1. The molecule has 126 valence electrons. The van der Waals surface area contributed by atoms with Gasteiger partial charge in [-0.05, 0) is 43.0 Å². The Kier molecular flexibility index (Phi) is 5.52. The molecular formula is C18H20N2O4. The second-order valence-corrected chi connectivity index (χ2v) is 5.53. The van der Waals surface area contributed by atoms with Crippen molar-refractivity contribution in [2.75, 3.05) is 11.9 Å². The number of nitro benzene ring substituents is 1. The van der Waals surface area contributed by atoms with Crippen molar-refractivity contribution in [1.82, 2.24) is 0 Å². The van der Waals surface area contributed by atoms with Gasteiger partial charge in [0, 0.05) is 11.8 Å². The lowest BCUT2D eigenvalue weighted by Crippen LogP contribution is -2.21. The number of nitrogens with one attached hydrogen (secondary N) is 1. The summed E-state index contributed by atoms with van der Waals surface area (Å²) in [5, 5.41) is 13.9. The smallest absolute Gasteiger partial charge is 0.311 e. The topological polar surface area (TPSA) is 81.5 Å². The molecule has 0 heterocycles. The van der Waals surface area contributed by atoms with Gasteiger partial charge in [0.25, 0.3) is 5.91 Å². The Morgan fingerprint density at radius 1 is 1.25 bits per heavy atom. The van der Waals surface area contributed by atoms with E-state index in [1.807, 2.05) is 31.2 Å². The molecular weight excluding hydrogens is 308 g/mol. The Morgan fingerprint density at radius 2 is 1.96 bits per heavy atom. The van der Waals surface area contributed by atoms with E-state index in [-0.39, 0.29) is 24.0 Å². The Labute approximate surface area is 140 Å². The van der Waals surface area contributed by atoms with Crippen LogP contribution in [0.2, 0.25) is 0 Å². The van der Waals surface area contributed by atoms with Gasteiger partial charge in [-0.1, -0.05) is 31.2 Å². The van der Waals surface area contributed by atoms with Crippen LogP contribution in [0.5, 0.6) is 5.75 Å². The van der Waals surface area contributed by atoms with Crippen molar-refractivity contribution < 1.29 is 14.5 Å². The van der Waals surface area contributed by atoms with Gasteiger partial charge in [-0.25, -0.2) is 0 Å². The first-order valence-electron chi connectivity index (χ1n) is 7.68. The van der Waals surface area contributed by atoms with Gasteiger partial charge < -0.3 is 10.1 Å². The molecule has 0 unspecified atom stereocenters. The van der Waals surface area contributed by atoms with E-state index < -0.39 is 4.92 Å². The van der Waals surface area contributed by atoms with Crippen molar-refractivity contribution in [2.24, 2.45) is 0 Å². The van der Waals surface area contributed by atoms with Crippen LogP contribution in [0.25, 0.3) is 0 Å². The minimum absolute atomic E-state index is 0.129. The van der Waals surface area contributed by atoms with Crippen LogP contribution in [0.15, 0.2) is 36.4 Å². The van der Waals surface area contributed by atoms with Crippen molar-refractivity contribution >= 4 is 17.3 Å². The normalized spacial score (nSPS) is 10.3. The van der Waals surface area contributed by atoms with Crippen LogP contribution in [0.1, 0.15) is 23.6 Å². The van der Waals surface area contributed by atoms with E-state index >= 15 is 0 Å². The molecule has 0 radical (unpaired) electrons. The molecule has 24 heavy (non-hydrogen) atoms. The maximum atomic E-state index is 12.1. The maximum absolute atomic E-state index is 12.1. The summed E-state index contributed by atoms with van der Waals surface area (Å²) >= 11 is 0. The van der Waals surface area contributed by atoms with E-state index in [0.29, 0.717) is 5.56 Å². The monoisotopic (exact) mass is 328 g/mol. The number of ether oxygens (including phenoxy) is 1. The summed E-state index contributed by atoms with van der Waals surface area (Å²) in [5.74, 6) is -0.227. The molecule has 6 nitrogen and oxygen atoms in total. The Balaban J connectivity index is 2.11. The van der Waals surface area contributed by atoms with Gasteiger partial charge in [-0.15, -0.1) is 0 Å². The van der Waals surface area contributed by atoms with E-state index in [4.69, 9.17) is 4.74 Å². The second-order valence-electron chi connectivity index (χ2n) is 5.53. The Hall–Kier alpha value is -2.89. The summed E-state index contributed by atoms with van der Waals surface area (Å²) in [4.78, 5) is 22.8. The van der Waals surface area contributed by atoms with E-state index in [2.05, 4.69) is 5.32 Å². The third kappa shape index (κ3) is 4.10. The van der Waals surface area contributed by atoms with Crippen LogP contribution in [-0.2, 0) is 11.2 Å². The largest absolute Gasteiger partial charge is 0.477 e. The fourth-order valence-electron chi connectivity index (χ4n) is 2.53. The van der Waals surface area contributed by atoms with Gasteiger partial charge in [-0.2, -0.15) is 0 Å². The summed E-state index contributed by atoms with van der Waals surface area (Å²) in [5.41, 5.74) is 3.01. The standard InChI is InChI=1S/C18H20N2O4/c1-4-14-7-5-6-8-15(14)19-17(21)11-24-18-13(3)9-12(2)10-16(18)20(22)23/h5-10H,4,11H2,1-3H3,(H,19,21). The zero-order valence-corrected chi connectivity index (χ0v) is 14.0. The molecule has 0 aliphatic heterocycles. The molecule has 0 bridgehead atoms. The molecule has 0 fully saturated rings. The molecule has 0 spiro atoms. The van der Waals surface area contributed by atoms with Crippen LogP contribution < -0.4 is 10.1 Å². The number of hydrogen-bond acceptors (Lipinski definition) is 4. The Bertz CT molecular complexity index is 772. The molecule has 0 aliphatic rings. The summed E-state index contributed by atoms with van der Waals surface area (Å²) < 4.78 is 5.44. The minimum atomic E-state index is -0.500. The summed E-state index contributed by atoms with van der Waals surface area (Å²) in [7, 11) is 0. The van der Waals surface area contributed by atoms with Crippen molar-refractivity contribution in [3.05, 3.63) is 63.2 Å². The number of amides is 1. The average molecular weight is 328 g/mol. The maximum Gasteiger partial charge on any atom is 0.311 e. The highest BCUT2D eigenvalue weighted by Crippen LogP contribution is 2.32. The average Bonchev–Trinajstić information content (AvgIpc) is 2.53. The minimum Gasteiger partial charge on any atom is -0.477 e. The number of benzene rings is 2. The first-order chi connectivity index (χ1) is 11.4. The first kappa shape index (κ1) is 17.5. The zero-order chi connectivity index (χ0) is 17.7. The van der Waals surface area contributed by atoms with Gasteiger partial charge in [0.2, 0.25) is 5.75 Å². The van der Waals surface area contributed by atoms with Gasteiger partial charge in [-0.3, -0.25) is 14.9 Å². The number of carbonyl (C=O) groups excluding carboxylic acids is 1. The third-order valence-electron chi connectivity index (χ3n) is 3.62. The van der Waals surface area contributed by atoms with Crippen LogP contribution in [0.4, 0.5) is 11.4 Å². The number of aryl methyl sites for hydroxylation is 3. The lowest BCUT2D eigenvalue weighted by molar-refractivity contribution is -0.385. The van der Waals surface area contributed by atoms with Crippen LogP contribution in [-0.4, -0.2) is 17.4 Å². The lowest BCUT2D eigenvalue weighted by atomic mass is 10.1. The Morgan fingerprint density at radius 3 is 2.62 bits per heavy atom. The summed E-state index contributed by atoms with van der Waals surface area (Å²) in [6.45, 7) is 5.21. The van der Waals surface area contributed by atoms with Crippen molar-refractivity contribution in [3.8, 4) is 5.75 Å². The highest BCUT2D eigenvalue weighted by Gasteiger charge is 2.19. The van der Waals surface area contributed by atoms with E-state index in [1.165, 1.54) is 6.07 Å². The second kappa shape index (κ2) is 7.59. The number of anilines is 1. The van der Waals surface area contributed by atoms with Gasteiger partial charge >= 0.3 is 5.69 Å². The van der Waals surface area contributed by atoms with E-state index in [1.54, 1.807) is 19.9 Å². The predicted octanol–water partition coefficient (Wildman–Crippen LogP) is 3.79. The third-order valence-corrected chi connectivity index (χ3v) is 3.62. The molecule has 2 rings (SSSR count). The number of nitrogens with zero attached hydrogens (tertiary/aromatic N) is 1. The fraction of sp³-hybridized carbons (Fsp3) is 0.278. The summed E-state index contributed by atoms with van der Waals surface area (Å²) in [6, 6.07) is 10.7. The van der Waals surface area contributed by atoms with Crippen LogP contribution >= 0.6 is 0 Å². The highest BCUT2D eigenvalue weighted by atomic mass is 16.6. The fourth-order valence-corrected chi connectivity index (χ4v) is 2.53. The van der Waals surface area contributed by atoms with E-state index in [9.17, 15) is 14.9 Å². The molecule has 1 N–H and O–H groups in total. The molecule has 0 saturated heterocycles. The number of carbonyl (C=O) groups is 1. The molecule has 0 atom stereocenters. The van der Waals surface area contributed by atoms with Gasteiger partial charge in [0.15, 0.2) is 6.61 Å². The van der Waals surface area contributed by atoms with Crippen molar-refractivity contribution in [1.29, 1.82) is 0 Å². The van der Waals surface area contributed by atoms with Crippen molar-refractivity contribution in [2.45, 2.75) is 27.2 Å². The quantitative estimate of drug-likeness (QED) is 0.646. The summed E-state index contributed by atoms with van der Waals surface area (Å²) in [6.07, 6.45) is 0.792. The lowest BCUT2D eigenvalue weighted by Gasteiger charge is -2.12. The van der Waals surface area contributed by atoms with E-state index in [0.717, 1.165) is 23.2 Å².